The van der Waals surface area contributed by atoms with Gasteiger partial charge in [-0.2, -0.15) is 0 Å². The molecule has 2 heterocycles. The molecule has 1 fully saturated rings. The number of hydrogen-bond donors (Lipinski definition) is 0. The number of ether oxygens (including phenoxy) is 1. The largest absolute Gasteiger partial charge is 0.375 e. The first-order valence-corrected chi connectivity index (χ1v) is 8.44. The lowest BCUT2D eigenvalue weighted by molar-refractivity contribution is -0.0388. The van der Waals surface area contributed by atoms with Crippen LogP contribution in [-0.2, 0) is 4.74 Å². The summed E-state index contributed by atoms with van der Waals surface area (Å²) >= 11 is 7.37. The maximum absolute atomic E-state index is 12.6. The van der Waals surface area contributed by atoms with Gasteiger partial charge in [-0.05, 0) is 26.0 Å². The van der Waals surface area contributed by atoms with Gasteiger partial charge in [-0.3, -0.25) is 4.79 Å². The van der Waals surface area contributed by atoms with Gasteiger partial charge < -0.3 is 9.64 Å². The highest BCUT2D eigenvalue weighted by Gasteiger charge is 2.29. The molecule has 22 heavy (non-hydrogen) atoms. The second-order valence-electron chi connectivity index (χ2n) is 5.50. The molecule has 2 aromatic rings. The number of nitrogens with zero attached hydrogens (tertiary/aromatic N) is 2. The number of benzene rings is 1. The molecule has 1 amide bonds. The van der Waals surface area contributed by atoms with Crippen molar-refractivity contribution in [2.24, 2.45) is 0 Å². The zero-order valence-corrected chi connectivity index (χ0v) is 14.0. The van der Waals surface area contributed by atoms with Gasteiger partial charge in [0.05, 0.1) is 18.8 Å². The maximum atomic E-state index is 12.6. The van der Waals surface area contributed by atoms with Crippen LogP contribution in [0.25, 0.3) is 10.6 Å². The Bertz CT molecular complexity index is 671. The van der Waals surface area contributed by atoms with Crippen LogP contribution in [0.15, 0.2) is 29.6 Å². The predicted octanol–water partition coefficient (Wildman–Crippen LogP) is 3.71. The van der Waals surface area contributed by atoms with Crippen molar-refractivity contribution in [2.75, 3.05) is 13.2 Å². The molecule has 116 valence electrons. The second kappa shape index (κ2) is 6.36. The summed E-state index contributed by atoms with van der Waals surface area (Å²) in [6.45, 7) is 5.15. The Balaban J connectivity index is 1.81. The molecule has 0 aliphatic carbocycles. The molecular formula is C16H17ClN2O2S. The maximum Gasteiger partial charge on any atom is 0.273 e. The molecule has 2 atom stereocenters. The highest BCUT2D eigenvalue weighted by atomic mass is 35.5. The first-order chi connectivity index (χ1) is 10.5. The van der Waals surface area contributed by atoms with E-state index in [1.807, 2.05) is 48.4 Å². The standard InChI is InChI=1S/C16H17ClN2O2S/c1-10-8-21-11(2)7-19(10)16(20)14-9-22-15(18-14)12-3-5-13(17)6-4-12/h3-6,9-11H,7-8H2,1-2H3/t10-,11-/m0/s1. The summed E-state index contributed by atoms with van der Waals surface area (Å²) in [7, 11) is 0. The summed E-state index contributed by atoms with van der Waals surface area (Å²) < 4.78 is 5.57. The summed E-state index contributed by atoms with van der Waals surface area (Å²) in [6.07, 6.45) is 0.0644. The van der Waals surface area contributed by atoms with Crippen molar-refractivity contribution in [3.63, 3.8) is 0 Å². The molecule has 0 unspecified atom stereocenters. The lowest BCUT2D eigenvalue weighted by atomic mass is 10.2. The number of halogens is 1. The average Bonchev–Trinajstić information content (AvgIpc) is 2.99. The molecule has 0 bridgehead atoms. The lowest BCUT2D eigenvalue weighted by Gasteiger charge is -2.36. The molecule has 0 radical (unpaired) electrons. The number of thiazole rings is 1. The quantitative estimate of drug-likeness (QED) is 0.839. The van der Waals surface area contributed by atoms with Gasteiger partial charge in [-0.25, -0.2) is 4.98 Å². The van der Waals surface area contributed by atoms with Crippen molar-refractivity contribution in [1.29, 1.82) is 0 Å². The zero-order chi connectivity index (χ0) is 15.7. The molecule has 6 heteroatoms. The molecule has 1 saturated heterocycles. The molecule has 4 nitrogen and oxygen atoms in total. The molecule has 0 spiro atoms. The van der Waals surface area contributed by atoms with Gasteiger partial charge in [0.15, 0.2) is 0 Å². The van der Waals surface area contributed by atoms with Crippen LogP contribution in [-0.4, -0.2) is 41.1 Å². The van der Waals surface area contributed by atoms with E-state index in [0.29, 0.717) is 23.9 Å². The van der Waals surface area contributed by atoms with Crippen LogP contribution in [0, 0.1) is 0 Å². The van der Waals surface area contributed by atoms with Crippen LogP contribution < -0.4 is 0 Å². The highest BCUT2D eigenvalue weighted by molar-refractivity contribution is 7.13. The van der Waals surface area contributed by atoms with E-state index in [9.17, 15) is 4.79 Å². The summed E-state index contributed by atoms with van der Waals surface area (Å²) in [4.78, 5) is 19.0. The van der Waals surface area contributed by atoms with Crippen molar-refractivity contribution >= 4 is 28.8 Å². The third-order valence-corrected chi connectivity index (χ3v) is 4.83. The van der Waals surface area contributed by atoms with Crippen LogP contribution in [0.1, 0.15) is 24.3 Å². The van der Waals surface area contributed by atoms with Crippen LogP contribution >= 0.6 is 22.9 Å². The van der Waals surface area contributed by atoms with Crippen LogP contribution in [0.4, 0.5) is 0 Å². The monoisotopic (exact) mass is 336 g/mol. The average molecular weight is 337 g/mol. The summed E-state index contributed by atoms with van der Waals surface area (Å²) in [6, 6.07) is 7.55. The molecule has 3 rings (SSSR count). The fraction of sp³-hybridized carbons (Fsp3) is 0.375. The Kier molecular flexibility index (Phi) is 4.47. The van der Waals surface area contributed by atoms with E-state index >= 15 is 0 Å². The molecule has 1 aliphatic rings. The van der Waals surface area contributed by atoms with Gasteiger partial charge in [-0.15, -0.1) is 11.3 Å². The van der Waals surface area contributed by atoms with Crippen molar-refractivity contribution in [3.05, 3.63) is 40.4 Å². The predicted molar refractivity (Wildman–Crippen MR) is 88.5 cm³/mol. The van der Waals surface area contributed by atoms with Gasteiger partial charge in [0, 0.05) is 22.5 Å². The zero-order valence-electron chi connectivity index (χ0n) is 12.5. The number of morpholine rings is 1. The fourth-order valence-corrected chi connectivity index (χ4v) is 3.36. The van der Waals surface area contributed by atoms with Crippen LogP contribution in [0.5, 0.6) is 0 Å². The number of carbonyl (C=O) groups excluding carboxylic acids is 1. The molecule has 0 N–H and O–H groups in total. The second-order valence-corrected chi connectivity index (χ2v) is 6.79. The van der Waals surface area contributed by atoms with E-state index in [-0.39, 0.29) is 18.1 Å². The number of amides is 1. The summed E-state index contributed by atoms with van der Waals surface area (Å²) in [5, 5.41) is 3.33. The topological polar surface area (TPSA) is 42.4 Å². The first-order valence-electron chi connectivity index (χ1n) is 7.18. The molecule has 1 aromatic heterocycles. The smallest absolute Gasteiger partial charge is 0.273 e. The molecule has 0 saturated carbocycles. The van der Waals surface area contributed by atoms with E-state index in [2.05, 4.69) is 4.98 Å². The molecule has 1 aromatic carbocycles. The minimum Gasteiger partial charge on any atom is -0.375 e. The van der Waals surface area contributed by atoms with Gasteiger partial charge in [0.2, 0.25) is 0 Å². The number of rotatable bonds is 2. The lowest BCUT2D eigenvalue weighted by Crippen LogP contribution is -2.50. The summed E-state index contributed by atoms with van der Waals surface area (Å²) in [5.41, 5.74) is 1.47. The molecule has 1 aliphatic heterocycles. The van der Waals surface area contributed by atoms with Crippen molar-refractivity contribution in [1.82, 2.24) is 9.88 Å². The fourth-order valence-electron chi connectivity index (χ4n) is 2.43. The van der Waals surface area contributed by atoms with Gasteiger partial charge in [0.25, 0.3) is 5.91 Å². The van der Waals surface area contributed by atoms with Gasteiger partial charge >= 0.3 is 0 Å². The highest BCUT2D eigenvalue weighted by Crippen LogP contribution is 2.26. The van der Waals surface area contributed by atoms with E-state index < -0.39 is 0 Å². The SMILES string of the molecule is C[C@H]1CN(C(=O)c2csc(-c3ccc(Cl)cc3)n2)[C@@H](C)CO1. The van der Waals surface area contributed by atoms with E-state index in [1.54, 1.807) is 0 Å². The van der Waals surface area contributed by atoms with Crippen molar-refractivity contribution in [2.45, 2.75) is 26.0 Å². The number of aromatic nitrogens is 1. The Morgan fingerprint density at radius 2 is 2.09 bits per heavy atom. The Labute approximate surface area is 138 Å². The normalized spacial score (nSPS) is 21.9. The molecular weight excluding hydrogens is 320 g/mol. The Morgan fingerprint density at radius 1 is 1.36 bits per heavy atom. The minimum absolute atomic E-state index is 0.0286. The van der Waals surface area contributed by atoms with Crippen molar-refractivity contribution < 1.29 is 9.53 Å². The van der Waals surface area contributed by atoms with E-state index in [1.165, 1.54) is 11.3 Å². The first kappa shape index (κ1) is 15.5. The summed E-state index contributed by atoms with van der Waals surface area (Å²) in [5.74, 6) is -0.0286. The van der Waals surface area contributed by atoms with Crippen molar-refractivity contribution in [3.8, 4) is 10.6 Å². The van der Waals surface area contributed by atoms with Gasteiger partial charge in [0.1, 0.15) is 10.7 Å². The Hall–Kier alpha value is -1.43. The number of hydrogen-bond acceptors (Lipinski definition) is 4. The number of carbonyl (C=O) groups is 1. The van der Waals surface area contributed by atoms with Gasteiger partial charge in [-0.1, -0.05) is 23.7 Å². The third-order valence-electron chi connectivity index (χ3n) is 3.68. The third kappa shape index (κ3) is 3.16. The van der Waals surface area contributed by atoms with Crippen LogP contribution in [0.2, 0.25) is 5.02 Å². The van der Waals surface area contributed by atoms with E-state index in [0.717, 1.165) is 10.6 Å². The van der Waals surface area contributed by atoms with Crippen LogP contribution in [0.3, 0.4) is 0 Å². The Morgan fingerprint density at radius 3 is 2.82 bits per heavy atom. The van der Waals surface area contributed by atoms with E-state index in [4.69, 9.17) is 16.3 Å². The minimum atomic E-state index is -0.0286.